The second-order valence-corrected chi connectivity index (χ2v) is 6.22. The fourth-order valence-corrected chi connectivity index (χ4v) is 3.12. The summed E-state index contributed by atoms with van der Waals surface area (Å²) in [6.07, 6.45) is 1.04. The quantitative estimate of drug-likeness (QED) is 0.807. The van der Waals surface area contributed by atoms with E-state index in [-0.39, 0.29) is 5.92 Å². The van der Waals surface area contributed by atoms with Crippen molar-refractivity contribution in [3.05, 3.63) is 0 Å². The van der Waals surface area contributed by atoms with Crippen molar-refractivity contribution in [3.63, 3.8) is 0 Å². The number of nitrogens with zero attached hydrogens (tertiary/aromatic N) is 2. The molecule has 2 heterocycles. The average molecular weight is 253 g/mol. The Morgan fingerprint density at radius 3 is 2.83 bits per heavy atom. The molecule has 0 saturated carbocycles. The second kappa shape index (κ2) is 6.02. The highest BCUT2D eigenvalue weighted by Gasteiger charge is 2.33. The van der Waals surface area contributed by atoms with Crippen LogP contribution >= 0.6 is 0 Å². The van der Waals surface area contributed by atoms with Gasteiger partial charge in [-0.1, -0.05) is 13.8 Å². The van der Waals surface area contributed by atoms with Gasteiger partial charge in [-0.15, -0.1) is 0 Å². The zero-order valence-electron chi connectivity index (χ0n) is 12.0. The third-order valence-electron chi connectivity index (χ3n) is 4.03. The lowest BCUT2D eigenvalue weighted by Gasteiger charge is -2.35. The van der Waals surface area contributed by atoms with Gasteiger partial charge < -0.3 is 15.1 Å². The first-order valence-corrected chi connectivity index (χ1v) is 7.31. The second-order valence-electron chi connectivity index (χ2n) is 6.22. The van der Waals surface area contributed by atoms with Crippen LogP contribution in [0, 0.1) is 11.8 Å². The van der Waals surface area contributed by atoms with Gasteiger partial charge in [-0.3, -0.25) is 4.79 Å². The fraction of sp³-hybridized carbons (Fsp3) is 0.929. The van der Waals surface area contributed by atoms with Crippen molar-refractivity contribution < 1.29 is 4.79 Å². The Morgan fingerprint density at radius 2 is 2.17 bits per heavy atom. The Hall–Kier alpha value is -0.610. The number of piperazine rings is 1. The van der Waals surface area contributed by atoms with E-state index in [1.54, 1.807) is 0 Å². The van der Waals surface area contributed by atoms with Gasteiger partial charge in [-0.2, -0.15) is 0 Å². The molecule has 2 rings (SSSR count). The number of nitrogens with one attached hydrogen (secondary N) is 1. The van der Waals surface area contributed by atoms with Crippen LogP contribution in [0.25, 0.3) is 0 Å². The third kappa shape index (κ3) is 3.23. The molecule has 18 heavy (non-hydrogen) atoms. The Labute approximate surface area is 111 Å². The molecule has 0 aromatic rings. The van der Waals surface area contributed by atoms with Crippen molar-refractivity contribution >= 4 is 5.91 Å². The number of hydrogen-bond donors (Lipinski definition) is 1. The molecule has 0 radical (unpaired) electrons. The van der Waals surface area contributed by atoms with Crippen molar-refractivity contribution in [2.45, 2.75) is 33.2 Å². The van der Waals surface area contributed by atoms with Gasteiger partial charge in [-0.25, -0.2) is 0 Å². The molecule has 1 N–H and O–H groups in total. The van der Waals surface area contributed by atoms with Crippen LogP contribution in [0.2, 0.25) is 0 Å². The van der Waals surface area contributed by atoms with Crippen molar-refractivity contribution in [1.82, 2.24) is 15.1 Å². The molecule has 0 spiro atoms. The molecule has 0 aromatic heterocycles. The van der Waals surface area contributed by atoms with Crippen molar-refractivity contribution in [3.8, 4) is 0 Å². The van der Waals surface area contributed by atoms with E-state index < -0.39 is 0 Å². The van der Waals surface area contributed by atoms with E-state index in [1.165, 1.54) is 0 Å². The largest absolute Gasteiger partial charge is 0.337 e. The molecule has 4 nitrogen and oxygen atoms in total. The van der Waals surface area contributed by atoms with Gasteiger partial charge >= 0.3 is 0 Å². The van der Waals surface area contributed by atoms with Crippen LogP contribution in [0.3, 0.4) is 0 Å². The van der Waals surface area contributed by atoms with E-state index in [9.17, 15) is 4.79 Å². The highest BCUT2D eigenvalue weighted by Crippen LogP contribution is 2.21. The van der Waals surface area contributed by atoms with Crippen molar-refractivity contribution in [1.29, 1.82) is 0 Å². The topological polar surface area (TPSA) is 35.6 Å². The Morgan fingerprint density at radius 1 is 1.39 bits per heavy atom. The molecule has 1 amide bonds. The molecular formula is C14H27N3O. The molecule has 0 aliphatic carbocycles. The van der Waals surface area contributed by atoms with Gasteiger partial charge in [0.2, 0.25) is 5.91 Å². The summed E-state index contributed by atoms with van der Waals surface area (Å²) >= 11 is 0. The van der Waals surface area contributed by atoms with E-state index >= 15 is 0 Å². The monoisotopic (exact) mass is 253 g/mol. The maximum atomic E-state index is 12.5. The van der Waals surface area contributed by atoms with E-state index in [0.717, 1.165) is 45.7 Å². The SMILES string of the molecule is CC(C)CN1CCC(C(=O)N2CCNCC2C)C1. The Kier molecular flexibility index (Phi) is 4.62. The highest BCUT2D eigenvalue weighted by molar-refractivity contribution is 5.79. The Balaban J connectivity index is 1.86. The third-order valence-corrected chi connectivity index (χ3v) is 4.03. The van der Waals surface area contributed by atoms with Gasteiger partial charge in [0.05, 0.1) is 5.92 Å². The molecule has 2 saturated heterocycles. The van der Waals surface area contributed by atoms with Crippen LogP contribution in [0.4, 0.5) is 0 Å². The van der Waals surface area contributed by atoms with Gasteiger partial charge in [0.1, 0.15) is 0 Å². The molecule has 0 bridgehead atoms. The fourth-order valence-electron chi connectivity index (χ4n) is 3.12. The molecule has 4 heteroatoms. The molecule has 0 aromatic carbocycles. The van der Waals surface area contributed by atoms with Crippen LogP contribution in [0.5, 0.6) is 0 Å². The minimum absolute atomic E-state index is 0.240. The number of rotatable bonds is 3. The standard InChI is InChI=1S/C14H27N3O/c1-11(2)9-16-6-4-13(10-16)14(18)17-7-5-15-8-12(17)3/h11-13,15H,4-10H2,1-3H3. The lowest BCUT2D eigenvalue weighted by atomic mass is 10.1. The molecular weight excluding hydrogens is 226 g/mol. The number of likely N-dealkylation sites (tertiary alicyclic amines) is 1. The summed E-state index contributed by atoms with van der Waals surface area (Å²) in [7, 11) is 0. The van der Waals surface area contributed by atoms with Gasteiger partial charge in [0.15, 0.2) is 0 Å². The summed E-state index contributed by atoms with van der Waals surface area (Å²) in [5.74, 6) is 1.32. The van der Waals surface area contributed by atoms with Gasteiger partial charge in [-0.05, 0) is 25.8 Å². The summed E-state index contributed by atoms with van der Waals surface area (Å²) in [4.78, 5) is 17.0. The van der Waals surface area contributed by atoms with Crippen LogP contribution < -0.4 is 5.32 Å². The Bertz CT molecular complexity index is 293. The van der Waals surface area contributed by atoms with Crippen LogP contribution in [0.15, 0.2) is 0 Å². The van der Waals surface area contributed by atoms with Crippen LogP contribution in [-0.4, -0.2) is 61.0 Å². The van der Waals surface area contributed by atoms with Crippen LogP contribution in [0.1, 0.15) is 27.2 Å². The molecule has 2 aliphatic rings. The van der Waals surface area contributed by atoms with Gasteiger partial charge in [0.25, 0.3) is 0 Å². The predicted octanol–water partition coefficient (Wildman–Crippen LogP) is 0.785. The molecule has 104 valence electrons. The average Bonchev–Trinajstić information content (AvgIpc) is 2.76. The summed E-state index contributed by atoms with van der Waals surface area (Å²) in [6, 6.07) is 0.352. The number of carbonyl (C=O) groups excluding carboxylic acids is 1. The van der Waals surface area contributed by atoms with E-state index in [4.69, 9.17) is 0 Å². The molecule has 2 atom stereocenters. The minimum Gasteiger partial charge on any atom is -0.337 e. The number of amides is 1. The maximum absolute atomic E-state index is 12.5. The number of carbonyl (C=O) groups is 1. The first kappa shape index (κ1) is 13.8. The predicted molar refractivity (Wildman–Crippen MR) is 73.4 cm³/mol. The highest BCUT2D eigenvalue weighted by atomic mass is 16.2. The zero-order valence-corrected chi connectivity index (χ0v) is 12.0. The summed E-state index contributed by atoms with van der Waals surface area (Å²) in [6.45, 7) is 12.6. The molecule has 2 unspecified atom stereocenters. The normalized spacial score (nSPS) is 30.1. The molecule has 2 aliphatic heterocycles. The summed E-state index contributed by atoms with van der Waals surface area (Å²) in [5, 5.41) is 3.34. The number of hydrogen-bond acceptors (Lipinski definition) is 3. The maximum Gasteiger partial charge on any atom is 0.227 e. The summed E-state index contributed by atoms with van der Waals surface area (Å²) < 4.78 is 0. The van der Waals surface area contributed by atoms with Crippen molar-refractivity contribution in [2.24, 2.45) is 11.8 Å². The molecule has 2 fully saturated rings. The van der Waals surface area contributed by atoms with E-state index in [1.807, 2.05) is 0 Å². The van der Waals surface area contributed by atoms with Crippen LogP contribution in [-0.2, 0) is 4.79 Å². The lowest BCUT2D eigenvalue weighted by Crippen LogP contribution is -2.54. The van der Waals surface area contributed by atoms with Gasteiger partial charge in [0, 0.05) is 38.8 Å². The van der Waals surface area contributed by atoms with Crippen molar-refractivity contribution in [2.75, 3.05) is 39.3 Å². The minimum atomic E-state index is 0.240. The first-order valence-electron chi connectivity index (χ1n) is 7.31. The first-order chi connectivity index (χ1) is 8.58. The summed E-state index contributed by atoms with van der Waals surface area (Å²) in [5.41, 5.74) is 0. The van der Waals surface area contributed by atoms with E-state index in [0.29, 0.717) is 17.9 Å². The van der Waals surface area contributed by atoms with E-state index in [2.05, 4.69) is 35.9 Å². The smallest absolute Gasteiger partial charge is 0.227 e. The lowest BCUT2D eigenvalue weighted by molar-refractivity contribution is -0.138. The zero-order chi connectivity index (χ0) is 13.1.